The second kappa shape index (κ2) is 12.4. The summed E-state index contributed by atoms with van der Waals surface area (Å²) >= 11 is 1.67. The van der Waals surface area contributed by atoms with Gasteiger partial charge >= 0.3 is 0 Å². The average Bonchev–Trinajstić information content (AvgIpc) is 3.11. The highest BCUT2D eigenvalue weighted by molar-refractivity contribution is 7.09. The van der Waals surface area contributed by atoms with Gasteiger partial charge in [-0.15, -0.1) is 11.3 Å². The summed E-state index contributed by atoms with van der Waals surface area (Å²) in [5.41, 5.74) is 2.21. The molecule has 29 heavy (non-hydrogen) atoms. The molecule has 1 N–H and O–H groups in total. The highest BCUT2D eigenvalue weighted by Crippen LogP contribution is 2.14. The number of ether oxygens (including phenoxy) is 2. The van der Waals surface area contributed by atoms with Gasteiger partial charge in [0.1, 0.15) is 12.4 Å². The van der Waals surface area contributed by atoms with Gasteiger partial charge in [-0.2, -0.15) is 0 Å². The molecular weight excluding hydrogens is 386 g/mol. The number of likely N-dealkylation sites (N-methyl/N-ethyl adjacent to an activating group) is 1. The van der Waals surface area contributed by atoms with Crippen LogP contribution in [0.25, 0.3) is 0 Å². The Bertz CT molecular complexity index is 765. The van der Waals surface area contributed by atoms with Crippen LogP contribution >= 0.6 is 11.3 Å². The average molecular weight is 420 g/mol. The summed E-state index contributed by atoms with van der Waals surface area (Å²) in [6.45, 7) is 6.57. The van der Waals surface area contributed by atoms with E-state index in [1.165, 1.54) is 0 Å². The Morgan fingerprint density at radius 2 is 2.03 bits per heavy atom. The zero-order chi connectivity index (χ0) is 21.1. The van der Waals surface area contributed by atoms with Crippen molar-refractivity contribution in [3.05, 3.63) is 45.9 Å². The van der Waals surface area contributed by atoms with Crippen molar-refractivity contribution < 1.29 is 9.47 Å². The van der Waals surface area contributed by atoms with E-state index in [9.17, 15) is 0 Å². The van der Waals surface area contributed by atoms with Crippen molar-refractivity contribution >= 4 is 17.3 Å². The number of benzene rings is 1. The molecule has 7 nitrogen and oxygen atoms in total. The summed E-state index contributed by atoms with van der Waals surface area (Å²) in [6, 6.07) is 8.16. The van der Waals surface area contributed by atoms with E-state index < -0.39 is 0 Å². The van der Waals surface area contributed by atoms with E-state index in [0.717, 1.165) is 54.2 Å². The minimum Gasteiger partial charge on any atom is -0.492 e. The van der Waals surface area contributed by atoms with Gasteiger partial charge in [0.2, 0.25) is 0 Å². The van der Waals surface area contributed by atoms with E-state index in [-0.39, 0.29) is 0 Å². The largest absolute Gasteiger partial charge is 0.492 e. The molecule has 0 aliphatic heterocycles. The third-order valence-electron chi connectivity index (χ3n) is 4.41. The smallest absolute Gasteiger partial charge is 0.194 e. The molecule has 8 heteroatoms. The standard InChI is InChI=1S/C21H33N5O2S/c1-17-24-19(16-29-17)15-26(4)21(22-2)23-14-18-7-6-8-20(13-18)28-12-10-25(3)9-11-27-5/h6-8,13,16H,9-12,14-15H2,1-5H3,(H,22,23). The molecule has 0 amide bonds. The van der Waals surface area contributed by atoms with Crippen molar-refractivity contribution in [3.8, 4) is 5.75 Å². The Balaban J connectivity index is 1.80. The van der Waals surface area contributed by atoms with E-state index in [4.69, 9.17) is 9.47 Å². The lowest BCUT2D eigenvalue weighted by molar-refractivity contribution is 0.150. The first-order valence-electron chi connectivity index (χ1n) is 9.74. The summed E-state index contributed by atoms with van der Waals surface area (Å²) in [4.78, 5) is 13.2. The fourth-order valence-corrected chi connectivity index (χ4v) is 3.39. The second-order valence-corrected chi connectivity index (χ2v) is 7.97. The van der Waals surface area contributed by atoms with Gasteiger partial charge in [-0.05, 0) is 31.7 Å². The first kappa shape index (κ1) is 23.1. The minimum absolute atomic E-state index is 0.647. The maximum absolute atomic E-state index is 5.90. The third kappa shape index (κ3) is 8.39. The van der Waals surface area contributed by atoms with Crippen LogP contribution in [0.5, 0.6) is 5.75 Å². The van der Waals surface area contributed by atoms with Crippen LogP contribution in [-0.2, 0) is 17.8 Å². The van der Waals surface area contributed by atoms with E-state index in [1.807, 2.05) is 26.1 Å². The van der Waals surface area contributed by atoms with Crippen LogP contribution in [0.2, 0.25) is 0 Å². The molecule has 0 saturated carbocycles. The maximum Gasteiger partial charge on any atom is 0.194 e. The summed E-state index contributed by atoms with van der Waals surface area (Å²) in [5, 5.41) is 6.58. The van der Waals surface area contributed by atoms with Crippen LogP contribution in [-0.4, -0.2) is 75.3 Å². The van der Waals surface area contributed by atoms with Gasteiger partial charge in [-0.3, -0.25) is 4.99 Å². The summed E-state index contributed by atoms with van der Waals surface area (Å²) in [6.07, 6.45) is 0. The van der Waals surface area contributed by atoms with E-state index in [2.05, 4.69) is 49.7 Å². The molecule has 0 unspecified atom stereocenters. The number of hydrogen-bond acceptors (Lipinski definition) is 6. The number of thiazole rings is 1. The Kier molecular flexibility index (Phi) is 9.90. The number of aryl methyl sites for hydroxylation is 1. The molecule has 0 bridgehead atoms. The van der Waals surface area contributed by atoms with Gasteiger partial charge in [-0.25, -0.2) is 4.98 Å². The molecule has 0 aliphatic carbocycles. The normalized spacial score (nSPS) is 11.7. The maximum atomic E-state index is 5.90. The van der Waals surface area contributed by atoms with E-state index >= 15 is 0 Å². The predicted molar refractivity (Wildman–Crippen MR) is 120 cm³/mol. The van der Waals surface area contributed by atoms with Crippen molar-refractivity contribution in [3.63, 3.8) is 0 Å². The van der Waals surface area contributed by atoms with Crippen molar-refractivity contribution in [1.82, 2.24) is 20.1 Å². The highest BCUT2D eigenvalue weighted by atomic mass is 32.1. The first-order valence-corrected chi connectivity index (χ1v) is 10.6. The van der Waals surface area contributed by atoms with Gasteiger partial charge < -0.3 is 24.6 Å². The third-order valence-corrected chi connectivity index (χ3v) is 5.23. The number of aliphatic imine (C=N–C) groups is 1. The summed E-state index contributed by atoms with van der Waals surface area (Å²) in [5.74, 6) is 1.72. The number of guanidine groups is 1. The topological polar surface area (TPSA) is 62.2 Å². The number of methoxy groups -OCH3 is 1. The first-order chi connectivity index (χ1) is 14.0. The number of nitrogens with zero attached hydrogens (tertiary/aromatic N) is 4. The highest BCUT2D eigenvalue weighted by Gasteiger charge is 2.09. The molecular formula is C21H33N5O2S. The Labute approximate surface area is 178 Å². The zero-order valence-electron chi connectivity index (χ0n) is 18.1. The Hall–Kier alpha value is -2.16. The molecule has 0 spiro atoms. The Morgan fingerprint density at radius 3 is 2.72 bits per heavy atom. The van der Waals surface area contributed by atoms with Gasteiger partial charge in [0.15, 0.2) is 5.96 Å². The SMILES string of the molecule is CN=C(NCc1cccc(OCCN(C)CCOC)c1)N(C)Cc1csc(C)n1. The van der Waals surface area contributed by atoms with Gasteiger partial charge in [0.05, 0.1) is 23.9 Å². The van der Waals surface area contributed by atoms with Crippen LogP contribution in [0.1, 0.15) is 16.3 Å². The predicted octanol–water partition coefficient (Wildman–Crippen LogP) is 2.62. The lowest BCUT2D eigenvalue weighted by Crippen LogP contribution is -2.38. The number of rotatable bonds is 11. The van der Waals surface area contributed by atoms with E-state index in [0.29, 0.717) is 13.2 Å². The number of nitrogens with one attached hydrogen (secondary N) is 1. The van der Waals surface area contributed by atoms with Crippen molar-refractivity contribution in [2.45, 2.75) is 20.0 Å². The zero-order valence-corrected chi connectivity index (χ0v) is 19.0. The van der Waals surface area contributed by atoms with E-state index in [1.54, 1.807) is 25.5 Å². The molecule has 1 aromatic carbocycles. The quantitative estimate of drug-likeness (QED) is 0.446. The molecule has 0 atom stereocenters. The molecule has 0 aliphatic rings. The molecule has 2 aromatic rings. The molecule has 1 aromatic heterocycles. The lowest BCUT2D eigenvalue weighted by atomic mass is 10.2. The van der Waals surface area contributed by atoms with Crippen LogP contribution < -0.4 is 10.1 Å². The Morgan fingerprint density at radius 1 is 1.24 bits per heavy atom. The monoisotopic (exact) mass is 419 g/mol. The van der Waals surface area contributed by atoms with Crippen molar-refractivity contribution in [2.24, 2.45) is 4.99 Å². The molecule has 0 saturated heterocycles. The summed E-state index contributed by atoms with van der Waals surface area (Å²) in [7, 11) is 7.60. The second-order valence-electron chi connectivity index (χ2n) is 6.91. The van der Waals surface area contributed by atoms with Crippen LogP contribution in [0.15, 0.2) is 34.6 Å². The van der Waals surface area contributed by atoms with Crippen LogP contribution in [0, 0.1) is 6.92 Å². The van der Waals surface area contributed by atoms with Crippen molar-refractivity contribution in [1.29, 1.82) is 0 Å². The molecule has 0 radical (unpaired) electrons. The van der Waals surface area contributed by atoms with Crippen LogP contribution in [0.4, 0.5) is 0 Å². The van der Waals surface area contributed by atoms with Gasteiger partial charge in [0, 0.05) is 46.2 Å². The summed E-state index contributed by atoms with van der Waals surface area (Å²) < 4.78 is 11.0. The van der Waals surface area contributed by atoms with Gasteiger partial charge in [0.25, 0.3) is 0 Å². The number of hydrogen-bond donors (Lipinski definition) is 1. The molecule has 0 fully saturated rings. The molecule has 160 valence electrons. The fraction of sp³-hybridized carbons (Fsp3) is 0.524. The molecule has 2 rings (SSSR count). The van der Waals surface area contributed by atoms with Crippen LogP contribution in [0.3, 0.4) is 0 Å². The van der Waals surface area contributed by atoms with Crippen molar-refractivity contribution in [2.75, 3.05) is 54.6 Å². The molecule has 1 heterocycles. The minimum atomic E-state index is 0.647. The fourth-order valence-electron chi connectivity index (χ4n) is 2.79. The van der Waals surface area contributed by atoms with Gasteiger partial charge in [-0.1, -0.05) is 12.1 Å². The number of aromatic nitrogens is 1. The lowest BCUT2D eigenvalue weighted by Gasteiger charge is -2.21.